The molecule has 90 valence electrons. The summed E-state index contributed by atoms with van der Waals surface area (Å²) in [4.78, 5) is 0. The molecular weight excluding hydrogens is 218 g/mol. The van der Waals surface area contributed by atoms with Gasteiger partial charge in [-0.1, -0.05) is 38.0 Å². The molecule has 1 saturated carbocycles. The standard InChI is InChI=1S/C12H21N3S/c1-8(2)10-6-4-5-7-11(10)13-12-15-14-9(3)16-12/h8,10-11H,4-7H2,1-3H3,(H,13,15). The van der Waals surface area contributed by atoms with E-state index >= 15 is 0 Å². The Balaban J connectivity index is 2.01. The van der Waals surface area contributed by atoms with Gasteiger partial charge in [-0.15, -0.1) is 10.2 Å². The zero-order valence-corrected chi connectivity index (χ0v) is 11.2. The zero-order valence-electron chi connectivity index (χ0n) is 10.4. The number of rotatable bonds is 3. The fourth-order valence-corrected chi connectivity index (χ4v) is 3.30. The molecule has 2 unspecified atom stereocenters. The van der Waals surface area contributed by atoms with E-state index < -0.39 is 0 Å². The highest BCUT2D eigenvalue weighted by molar-refractivity contribution is 7.15. The van der Waals surface area contributed by atoms with Gasteiger partial charge in [-0.3, -0.25) is 0 Å². The van der Waals surface area contributed by atoms with Crippen molar-refractivity contribution in [2.45, 2.75) is 52.5 Å². The number of hydrogen-bond acceptors (Lipinski definition) is 4. The van der Waals surface area contributed by atoms with E-state index in [1.807, 2.05) is 6.92 Å². The molecule has 1 aromatic rings. The summed E-state index contributed by atoms with van der Waals surface area (Å²) < 4.78 is 0. The lowest BCUT2D eigenvalue weighted by Crippen LogP contribution is -2.35. The summed E-state index contributed by atoms with van der Waals surface area (Å²) in [6.07, 6.45) is 5.36. The molecule has 3 nitrogen and oxygen atoms in total. The predicted molar refractivity (Wildman–Crippen MR) is 68.9 cm³/mol. The van der Waals surface area contributed by atoms with Crippen molar-refractivity contribution in [2.24, 2.45) is 11.8 Å². The van der Waals surface area contributed by atoms with Gasteiger partial charge in [-0.2, -0.15) is 0 Å². The predicted octanol–water partition coefficient (Wildman–Crippen LogP) is 3.47. The number of hydrogen-bond donors (Lipinski definition) is 1. The minimum absolute atomic E-state index is 0.598. The van der Waals surface area contributed by atoms with Gasteiger partial charge < -0.3 is 5.32 Å². The summed E-state index contributed by atoms with van der Waals surface area (Å²) in [7, 11) is 0. The van der Waals surface area contributed by atoms with Crippen molar-refractivity contribution in [3.8, 4) is 0 Å². The van der Waals surface area contributed by atoms with Gasteiger partial charge in [0, 0.05) is 6.04 Å². The Morgan fingerprint density at radius 2 is 2.00 bits per heavy atom. The molecule has 16 heavy (non-hydrogen) atoms. The van der Waals surface area contributed by atoms with Gasteiger partial charge in [0.2, 0.25) is 5.13 Å². The maximum Gasteiger partial charge on any atom is 0.205 e. The van der Waals surface area contributed by atoms with Crippen molar-refractivity contribution in [2.75, 3.05) is 5.32 Å². The molecule has 0 radical (unpaired) electrons. The summed E-state index contributed by atoms with van der Waals surface area (Å²) in [6.45, 7) is 6.66. The normalized spacial score (nSPS) is 26.0. The van der Waals surface area contributed by atoms with Gasteiger partial charge in [-0.25, -0.2) is 0 Å². The molecule has 2 rings (SSSR count). The third-order valence-corrected chi connectivity index (χ3v) is 4.28. The lowest BCUT2D eigenvalue weighted by atomic mass is 9.78. The minimum atomic E-state index is 0.598. The van der Waals surface area contributed by atoms with E-state index in [4.69, 9.17) is 0 Å². The van der Waals surface area contributed by atoms with E-state index in [1.165, 1.54) is 25.7 Å². The summed E-state index contributed by atoms with van der Waals surface area (Å²) >= 11 is 1.66. The maximum absolute atomic E-state index is 4.16. The molecule has 0 saturated heterocycles. The molecule has 0 bridgehead atoms. The average molecular weight is 239 g/mol. The third-order valence-electron chi connectivity index (χ3n) is 3.51. The van der Waals surface area contributed by atoms with Crippen LogP contribution in [0.5, 0.6) is 0 Å². The second-order valence-electron chi connectivity index (χ2n) is 5.07. The molecule has 0 aliphatic heterocycles. The first kappa shape index (κ1) is 11.8. The van der Waals surface area contributed by atoms with Crippen LogP contribution < -0.4 is 5.32 Å². The van der Waals surface area contributed by atoms with E-state index in [-0.39, 0.29) is 0 Å². The molecule has 1 aliphatic carbocycles. The molecule has 2 atom stereocenters. The first-order valence-corrected chi connectivity index (χ1v) is 7.05. The molecule has 1 heterocycles. The molecule has 1 N–H and O–H groups in total. The highest BCUT2D eigenvalue weighted by Crippen LogP contribution is 2.32. The van der Waals surface area contributed by atoms with Crippen LogP contribution in [-0.4, -0.2) is 16.2 Å². The van der Waals surface area contributed by atoms with Gasteiger partial charge in [0.25, 0.3) is 0 Å². The van der Waals surface area contributed by atoms with Crippen LogP contribution in [0.4, 0.5) is 5.13 Å². The number of aryl methyl sites for hydroxylation is 1. The van der Waals surface area contributed by atoms with Gasteiger partial charge in [0.05, 0.1) is 0 Å². The fourth-order valence-electron chi connectivity index (χ4n) is 2.65. The summed E-state index contributed by atoms with van der Waals surface area (Å²) in [5.41, 5.74) is 0. The molecule has 0 aromatic carbocycles. The highest BCUT2D eigenvalue weighted by Gasteiger charge is 2.27. The van der Waals surface area contributed by atoms with Crippen LogP contribution in [-0.2, 0) is 0 Å². The number of aromatic nitrogens is 2. The van der Waals surface area contributed by atoms with Crippen molar-refractivity contribution >= 4 is 16.5 Å². The average Bonchev–Trinajstić information content (AvgIpc) is 2.64. The van der Waals surface area contributed by atoms with E-state index in [0.29, 0.717) is 6.04 Å². The number of anilines is 1. The Morgan fingerprint density at radius 3 is 2.62 bits per heavy atom. The zero-order chi connectivity index (χ0) is 11.5. The Labute approximate surface area is 102 Å². The van der Waals surface area contributed by atoms with Crippen molar-refractivity contribution < 1.29 is 0 Å². The summed E-state index contributed by atoms with van der Waals surface area (Å²) in [6, 6.07) is 0.598. The largest absolute Gasteiger partial charge is 0.357 e. The number of nitrogens with one attached hydrogen (secondary N) is 1. The third kappa shape index (κ3) is 2.73. The molecule has 1 aromatic heterocycles. The van der Waals surface area contributed by atoms with E-state index in [0.717, 1.165) is 22.0 Å². The molecule has 0 amide bonds. The van der Waals surface area contributed by atoms with Gasteiger partial charge in [0.1, 0.15) is 5.01 Å². The van der Waals surface area contributed by atoms with Crippen molar-refractivity contribution in [1.82, 2.24) is 10.2 Å². The Hall–Kier alpha value is -0.640. The fraction of sp³-hybridized carbons (Fsp3) is 0.833. The van der Waals surface area contributed by atoms with Gasteiger partial charge in [-0.05, 0) is 31.6 Å². The van der Waals surface area contributed by atoms with Crippen LogP contribution in [0.25, 0.3) is 0 Å². The van der Waals surface area contributed by atoms with Crippen LogP contribution in [0.2, 0.25) is 0 Å². The van der Waals surface area contributed by atoms with Gasteiger partial charge in [0.15, 0.2) is 0 Å². The maximum atomic E-state index is 4.16. The van der Waals surface area contributed by atoms with Crippen LogP contribution in [0, 0.1) is 18.8 Å². The first-order chi connectivity index (χ1) is 7.66. The Bertz CT molecular complexity index is 335. The summed E-state index contributed by atoms with van der Waals surface area (Å²) in [5, 5.41) is 13.8. The minimum Gasteiger partial charge on any atom is -0.357 e. The SMILES string of the molecule is Cc1nnc(NC2CCCCC2C(C)C)s1. The topological polar surface area (TPSA) is 37.8 Å². The highest BCUT2D eigenvalue weighted by atomic mass is 32.1. The summed E-state index contributed by atoms with van der Waals surface area (Å²) in [5.74, 6) is 1.55. The molecular formula is C12H21N3S. The van der Waals surface area contributed by atoms with Crippen molar-refractivity contribution in [1.29, 1.82) is 0 Å². The first-order valence-electron chi connectivity index (χ1n) is 6.23. The van der Waals surface area contributed by atoms with Crippen LogP contribution in [0.1, 0.15) is 44.5 Å². The van der Waals surface area contributed by atoms with Crippen LogP contribution in [0.15, 0.2) is 0 Å². The molecule has 1 fully saturated rings. The van der Waals surface area contributed by atoms with Crippen molar-refractivity contribution in [3.05, 3.63) is 5.01 Å². The van der Waals surface area contributed by atoms with E-state index in [1.54, 1.807) is 11.3 Å². The lowest BCUT2D eigenvalue weighted by Gasteiger charge is -2.34. The molecule has 0 spiro atoms. The molecule has 1 aliphatic rings. The lowest BCUT2D eigenvalue weighted by molar-refractivity contribution is 0.253. The monoisotopic (exact) mass is 239 g/mol. The Morgan fingerprint density at radius 1 is 1.25 bits per heavy atom. The molecule has 4 heteroatoms. The second kappa shape index (κ2) is 5.13. The Kier molecular flexibility index (Phi) is 3.79. The van der Waals surface area contributed by atoms with Crippen molar-refractivity contribution in [3.63, 3.8) is 0 Å². The van der Waals surface area contributed by atoms with E-state index in [9.17, 15) is 0 Å². The number of nitrogens with zero attached hydrogens (tertiary/aromatic N) is 2. The van der Waals surface area contributed by atoms with Crippen LogP contribution in [0.3, 0.4) is 0 Å². The van der Waals surface area contributed by atoms with Gasteiger partial charge >= 0.3 is 0 Å². The smallest absolute Gasteiger partial charge is 0.205 e. The van der Waals surface area contributed by atoms with E-state index in [2.05, 4.69) is 29.4 Å². The second-order valence-corrected chi connectivity index (χ2v) is 6.25. The van der Waals surface area contributed by atoms with Crippen LogP contribution >= 0.6 is 11.3 Å². The quantitative estimate of drug-likeness (QED) is 0.877.